The molecule has 1 heterocycles. The molecule has 0 saturated heterocycles. The van der Waals surface area contributed by atoms with Gasteiger partial charge in [0.05, 0.1) is 12.6 Å². The fraction of sp³-hybridized carbons (Fsp3) is 0.167. The van der Waals surface area contributed by atoms with E-state index >= 15 is 0 Å². The Morgan fingerprint density at radius 3 is 2.50 bits per heavy atom. The summed E-state index contributed by atoms with van der Waals surface area (Å²) in [6.45, 7) is 0.521. The Hall–Kier alpha value is -2.84. The van der Waals surface area contributed by atoms with Crippen molar-refractivity contribution in [2.24, 2.45) is 0 Å². The zero-order valence-electron chi connectivity index (χ0n) is 12.8. The zero-order chi connectivity index (χ0) is 16.8. The second-order valence-corrected chi connectivity index (χ2v) is 5.83. The maximum atomic E-state index is 9.95. The van der Waals surface area contributed by atoms with Crippen molar-refractivity contribution in [2.75, 3.05) is 6.61 Å². The highest BCUT2D eigenvalue weighted by molar-refractivity contribution is 6.30. The summed E-state index contributed by atoms with van der Waals surface area (Å²) in [5.74, 6) is 0.713. The van der Waals surface area contributed by atoms with Gasteiger partial charge in [0.15, 0.2) is 0 Å². The van der Waals surface area contributed by atoms with Gasteiger partial charge in [-0.3, -0.25) is 4.68 Å². The van der Waals surface area contributed by atoms with Crippen LogP contribution in [-0.2, 0) is 12.0 Å². The number of nitrogens with zero attached hydrogens (tertiary/aromatic N) is 4. The van der Waals surface area contributed by atoms with Gasteiger partial charge in [0, 0.05) is 5.02 Å². The third-order valence-corrected chi connectivity index (χ3v) is 3.99. The molecule has 1 unspecified atom stereocenters. The first-order valence-corrected chi connectivity index (χ1v) is 7.77. The third-order valence-electron chi connectivity index (χ3n) is 3.74. The molecule has 0 spiro atoms. The first-order valence-electron chi connectivity index (χ1n) is 7.39. The lowest BCUT2D eigenvalue weighted by atomic mass is 9.82. The molecule has 120 valence electrons. The number of aromatic nitrogens is 3. The number of ether oxygens (including phenoxy) is 1. The van der Waals surface area contributed by atoms with Crippen LogP contribution in [0, 0.1) is 11.3 Å². The molecular weight excluding hydrogens is 324 g/mol. The highest BCUT2D eigenvalue weighted by Crippen LogP contribution is 2.28. The average molecular weight is 339 g/mol. The van der Waals surface area contributed by atoms with E-state index in [-0.39, 0.29) is 6.61 Å². The van der Waals surface area contributed by atoms with Gasteiger partial charge in [0.1, 0.15) is 30.4 Å². The van der Waals surface area contributed by atoms with E-state index < -0.39 is 5.41 Å². The lowest BCUT2D eigenvalue weighted by Crippen LogP contribution is -2.37. The van der Waals surface area contributed by atoms with Crippen molar-refractivity contribution in [3.8, 4) is 11.8 Å². The molecule has 5 nitrogen and oxygen atoms in total. The van der Waals surface area contributed by atoms with Crippen LogP contribution in [0.1, 0.15) is 5.56 Å². The Bertz CT molecular complexity index is 812. The van der Waals surface area contributed by atoms with E-state index in [0.29, 0.717) is 17.3 Å². The van der Waals surface area contributed by atoms with Gasteiger partial charge in [0.2, 0.25) is 0 Å². The lowest BCUT2D eigenvalue weighted by molar-refractivity contribution is 0.230. The molecule has 0 aliphatic carbocycles. The molecule has 0 saturated carbocycles. The molecule has 1 aromatic heterocycles. The van der Waals surface area contributed by atoms with E-state index in [0.717, 1.165) is 5.56 Å². The molecule has 2 aromatic carbocycles. The Morgan fingerprint density at radius 1 is 1.12 bits per heavy atom. The minimum atomic E-state index is -0.909. The summed E-state index contributed by atoms with van der Waals surface area (Å²) in [6, 6.07) is 19.1. The molecule has 24 heavy (non-hydrogen) atoms. The van der Waals surface area contributed by atoms with Crippen molar-refractivity contribution in [3.63, 3.8) is 0 Å². The molecule has 3 rings (SSSR count). The molecule has 1 atom stereocenters. The normalized spacial score (nSPS) is 13.0. The zero-order valence-corrected chi connectivity index (χ0v) is 13.6. The number of nitriles is 1. The topological polar surface area (TPSA) is 63.7 Å². The average Bonchev–Trinajstić information content (AvgIpc) is 3.13. The number of para-hydroxylation sites is 1. The minimum absolute atomic E-state index is 0.189. The summed E-state index contributed by atoms with van der Waals surface area (Å²) in [6.07, 6.45) is 3.03. The van der Waals surface area contributed by atoms with Crippen molar-refractivity contribution in [3.05, 3.63) is 77.8 Å². The fourth-order valence-corrected chi connectivity index (χ4v) is 2.56. The van der Waals surface area contributed by atoms with Crippen molar-refractivity contribution < 1.29 is 4.74 Å². The molecule has 6 heteroatoms. The summed E-state index contributed by atoms with van der Waals surface area (Å²) in [5, 5.41) is 14.7. The number of hydrogen-bond donors (Lipinski definition) is 0. The van der Waals surface area contributed by atoms with Crippen LogP contribution < -0.4 is 4.74 Å². The standard InChI is InChI=1S/C18H15ClN4O/c19-16-8-6-15(7-9-16)18(10-20,11-23-14-21-13-22-23)12-24-17-4-2-1-3-5-17/h1-9,13-14H,11-12H2. The quantitative estimate of drug-likeness (QED) is 0.690. The molecule has 0 N–H and O–H groups in total. The number of hydrogen-bond acceptors (Lipinski definition) is 4. The molecule has 0 aliphatic rings. The predicted molar refractivity (Wildman–Crippen MR) is 90.7 cm³/mol. The van der Waals surface area contributed by atoms with Crippen molar-refractivity contribution in [2.45, 2.75) is 12.0 Å². The summed E-state index contributed by atoms with van der Waals surface area (Å²) < 4.78 is 7.51. The SMILES string of the molecule is N#CC(COc1ccccc1)(Cn1cncn1)c1ccc(Cl)cc1. The number of benzene rings is 2. The summed E-state index contributed by atoms with van der Waals surface area (Å²) >= 11 is 5.98. The first-order chi connectivity index (χ1) is 11.7. The number of halogens is 1. The monoisotopic (exact) mass is 338 g/mol. The fourth-order valence-electron chi connectivity index (χ4n) is 2.44. The van der Waals surface area contributed by atoms with Crippen molar-refractivity contribution in [1.29, 1.82) is 5.26 Å². The predicted octanol–water partition coefficient (Wildman–Crippen LogP) is 3.47. The third kappa shape index (κ3) is 3.55. The highest BCUT2D eigenvalue weighted by Gasteiger charge is 2.35. The van der Waals surface area contributed by atoms with Gasteiger partial charge in [-0.05, 0) is 29.8 Å². The van der Waals surface area contributed by atoms with Crippen molar-refractivity contribution in [1.82, 2.24) is 14.8 Å². The molecule has 0 radical (unpaired) electrons. The highest BCUT2D eigenvalue weighted by atomic mass is 35.5. The van der Waals surface area contributed by atoms with Gasteiger partial charge in [-0.1, -0.05) is 41.9 Å². The Kier molecular flexibility index (Phi) is 4.78. The molecule has 0 bridgehead atoms. The van der Waals surface area contributed by atoms with Crippen LogP contribution in [0.2, 0.25) is 5.02 Å². The van der Waals surface area contributed by atoms with E-state index in [1.54, 1.807) is 23.1 Å². The Balaban J connectivity index is 1.92. The first kappa shape index (κ1) is 16.0. The maximum Gasteiger partial charge on any atom is 0.137 e. The van der Waals surface area contributed by atoms with Crippen LogP contribution in [0.5, 0.6) is 5.75 Å². The maximum absolute atomic E-state index is 9.95. The van der Waals surface area contributed by atoms with E-state index in [4.69, 9.17) is 16.3 Å². The molecule has 0 aliphatic heterocycles. The van der Waals surface area contributed by atoms with Gasteiger partial charge in [-0.25, -0.2) is 4.98 Å². The Labute approximate surface area is 145 Å². The summed E-state index contributed by atoms with van der Waals surface area (Å²) in [7, 11) is 0. The largest absolute Gasteiger partial charge is 0.491 e. The second kappa shape index (κ2) is 7.16. The number of rotatable bonds is 6. The Morgan fingerprint density at radius 2 is 1.88 bits per heavy atom. The van der Waals surface area contributed by atoms with Crippen LogP contribution in [-0.4, -0.2) is 21.4 Å². The van der Waals surface area contributed by atoms with Crippen LogP contribution in [0.25, 0.3) is 0 Å². The minimum Gasteiger partial charge on any atom is -0.491 e. The summed E-state index contributed by atoms with van der Waals surface area (Å²) in [4.78, 5) is 3.95. The smallest absolute Gasteiger partial charge is 0.137 e. The van der Waals surface area contributed by atoms with E-state index in [2.05, 4.69) is 16.2 Å². The van der Waals surface area contributed by atoms with Crippen LogP contribution in [0.4, 0.5) is 0 Å². The van der Waals surface area contributed by atoms with Crippen molar-refractivity contribution >= 4 is 11.6 Å². The van der Waals surface area contributed by atoms with Gasteiger partial charge in [0.25, 0.3) is 0 Å². The molecule has 0 fully saturated rings. The van der Waals surface area contributed by atoms with E-state index in [1.807, 2.05) is 42.5 Å². The van der Waals surface area contributed by atoms with Gasteiger partial charge < -0.3 is 4.74 Å². The van der Waals surface area contributed by atoms with Gasteiger partial charge >= 0.3 is 0 Å². The summed E-state index contributed by atoms with van der Waals surface area (Å²) in [5.41, 5.74) is -0.0884. The van der Waals surface area contributed by atoms with E-state index in [9.17, 15) is 5.26 Å². The molecule has 0 amide bonds. The molecular formula is C18H15ClN4O. The molecule has 3 aromatic rings. The lowest BCUT2D eigenvalue weighted by Gasteiger charge is -2.27. The van der Waals surface area contributed by atoms with Crippen LogP contribution in [0.3, 0.4) is 0 Å². The van der Waals surface area contributed by atoms with Crippen LogP contribution in [0.15, 0.2) is 67.3 Å². The van der Waals surface area contributed by atoms with Gasteiger partial charge in [-0.15, -0.1) is 0 Å². The van der Waals surface area contributed by atoms with E-state index in [1.165, 1.54) is 6.33 Å². The van der Waals surface area contributed by atoms with Crippen LogP contribution >= 0.6 is 11.6 Å². The second-order valence-electron chi connectivity index (χ2n) is 5.40. The van der Waals surface area contributed by atoms with Gasteiger partial charge in [-0.2, -0.15) is 10.4 Å².